The van der Waals surface area contributed by atoms with Crippen LogP contribution >= 0.6 is 0 Å². The second-order valence-corrected chi connectivity index (χ2v) is 7.10. The highest BCUT2D eigenvalue weighted by molar-refractivity contribution is 7.93. The predicted molar refractivity (Wildman–Crippen MR) is 71.2 cm³/mol. The van der Waals surface area contributed by atoms with Crippen molar-refractivity contribution in [3.8, 4) is 0 Å². The van der Waals surface area contributed by atoms with Crippen LogP contribution in [0, 0.1) is 5.41 Å². The third-order valence-corrected chi connectivity index (χ3v) is 4.80. The van der Waals surface area contributed by atoms with E-state index in [1.807, 2.05) is 26.0 Å². The molecule has 100 valence electrons. The number of hydrogen-bond donors (Lipinski definition) is 0. The van der Waals surface area contributed by atoms with Crippen molar-refractivity contribution in [3.05, 3.63) is 35.3 Å². The van der Waals surface area contributed by atoms with E-state index in [0.29, 0.717) is 18.1 Å². The summed E-state index contributed by atoms with van der Waals surface area (Å²) in [5, 5.41) is 0. The first-order chi connectivity index (χ1) is 8.42. The Kier molecular flexibility index (Phi) is 3.75. The topological polar surface area (TPSA) is 46.6 Å². The molecule has 1 aliphatic carbocycles. The zero-order valence-corrected chi connectivity index (χ0v) is 11.6. The average molecular weight is 269 g/mol. The van der Waals surface area contributed by atoms with Crippen LogP contribution in [0.5, 0.6) is 0 Å². The van der Waals surface area contributed by atoms with Crippen LogP contribution < -0.4 is 0 Å². The Labute approximate surface area is 109 Å². The third kappa shape index (κ3) is 2.91. The summed E-state index contributed by atoms with van der Waals surface area (Å²) in [5.41, 5.74) is -0.261. The lowest BCUT2D eigenvalue weighted by Gasteiger charge is -2.27. The van der Waals surface area contributed by atoms with Crippen LogP contribution in [0.15, 0.2) is 35.3 Å². The van der Waals surface area contributed by atoms with Gasteiger partial charge < -0.3 is 4.74 Å². The summed E-state index contributed by atoms with van der Waals surface area (Å²) in [6.07, 6.45) is 9.82. The maximum atomic E-state index is 12.5. The van der Waals surface area contributed by atoms with Gasteiger partial charge in [-0.15, -0.1) is 0 Å². The molecule has 0 N–H and O–H groups in total. The van der Waals surface area contributed by atoms with Gasteiger partial charge >= 0.3 is 0 Å². The summed E-state index contributed by atoms with van der Waals surface area (Å²) in [4.78, 5) is 0.350. The highest BCUT2D eigenvalue weighted by Crippen LogP contribution is 2.28. The zero-order chi connectivity index (χ0) is 13.2. The number of hydrogen-bond acceptors (Lipinski definition) is 3. The van der Waals surface area contributed by atoms with Gasteiger partial charge in [-0.3, -0.25) is 0 Å². The van der Waals surface area contributed by atoms with Crippen molar-refractivity contribution >= 4 is 10.0 Å². The molecule has 2 rings (SSSR count). The largest absolute Gasteiger partial charge is 0.365 e. The fourth-order valence-electron chi connectivity index (χ4n) is 1.99. The highest BCUT2D eigenvalue weighted by atomic mass is 32.2. The summed E-state index contributed by atoms with van der Waals surface area (Å²) in [5.74, 6) is 0. The Balaban J connectivity index is 2.32. The van der Waals surface area contributed by atoms with Gasteiger partial charge in [0.05, 0.1) is 4.91 Å². The summed E-state index contributed by atoms with van der Waals surface area (Å²) >= 11 is 0. The number of nitrogens with zero attached hydrogens (tertiary/aromatic N) is 1. The van der Waals surface area contributed by atoms with Gasteiger partial charge in [0.1, 0.15) is 6.73 Å². The first kappa shape index (κ1) is 13.5. The number of ether oxygens (including phenoxy) is 1. The van der Waals surface area contributed by atoms with Crippen LogP contribution in [-0.2, 0) is 14.8 Å². The minimum atomic E-state index is -3.44. The Bertz CT molecular complexity index is 494. The standard InChI is InChI=1S/C13H19NO3S/c1-13(2)7-4-3-6-12(10-13)18(15,16)14-8-5-9-17-11-14/h3-4,6-7,10H,5,8-9,11H2,1-2H3. The first-order valence-corrected chi connectivity index (χ1v) is 7.52. The van der Waals surface area contributed by atoms with Gasteiger partial charge in [0.2, 0.25) is 10.0 Å². The Morgan fingerprint density at radius 1 is 1.33 bits per heavy atom. The lowest BCUT2D eigenvalue weighted by Crippen LogP contribution is -2.38. The molecule has 1 aliphatic heterocycles. The third-order valence-electron chi connectivity index (χ3n) is 2.98. The van der Waals surface area contributed by atoms with Crippen molar-refractivity contribution < 1.29 is 13.2 Å². The van der Waals surface area contributed by atoms with Gasteiger partial charge in [0.15, 0.2) is 0 Å². The molecule has 0 atom stereocenters. The van der Waals surface area contributed by atoms with Crippen LogP contribution in [0.3, 0.4) is 0 Å². The molecule has 0 saturated carbocycles. The Morgan fingerprint density at radius 3 is 2.78 bits per heavy atom. The molecule has 0 unspecified atom stereocenters. The molecule has 0 radical (unpaired) electrons. The fourth-order valence-corrected chi connectivity index (χ4v) is 3.57. The van der Waals surface area contributed by atoms with Crippen LogP contribution in [0.4, 0.5) is 0 Å². The predicted octanol–water partition coefficient (Wildman–Crippen LogP) is 2.03. The summed E-state index contributed by atoms with van der Waals surface area (Å²) in [6.45, 7) is 5.29. The van der Waals surface area contributed by atoms with Gasteiger partial charge in [-0.05, 0) is 12.5 Å². The molecule has 0 spiro atoms. The SMILES string of the molecule is CC1(C)C=CC=CC(S(=O)(=O)N2CCCOC2)=C1. The monoisotopic (exact) mass is 269 g/mol. The van der Waals surface area contributed by atoms with Gasteiger partial charge in [0, 0.05) is 18.6 Å². The molecule has 0 bridgehead atoms. The molecular weight excluding hydrogens is 250 g/mol. The quantitative estimate of drug-likeness (QED) is 0.770. The molecule has 0 aromatic rings. The fraction of sp³-hybridized carbons (Fsp3) is 0.538. The lowest BCUT2D eigenvalue weighted by molar-refractivity contribution is 0.0318. The van der Waals surface area contributed by atoms with E-state index in [2.05, 4.69) is 0 Å². The van der Waals surface area contributed by atoms with Crippen LogP contribution in [0.2, 0.25) is 0 Å². The summed E-state index contributed by atoms with van der Waals surface area (Å²) < 4.78 is 31.6. The van der Waals surface area contributed by atoms with Gasteiger partial charge in [-0.25, -0.2) is 8.42 Å². The minimum Gasteiger partial charge on any atom is -0.365 e. The van der Waals surface area contributed by atoms with Crippen molar-refractivity contribution in [1.82, 2.24) is 4.31 Å². The van der Waals surface area contributed by atoms with Crippen LogP contribution in [0.1, 0.15) is 20.3 Å². The molecule has 1 saturated heterocycles. The maximum Gasteiger partial charge on any atom is 0.244 e. The molecule has 4 nitrogen and oxygen atoms in total. The second-order valence-electron chi connectivity index (χ2n) is 5.16. The summed E-state index contributed by atoms with van der Waals surface area (Å²) in [6, 6.07) is 0. The highest BCUT2D eigenvalue weighted by Gasteiger charge is 2.29. The van der Waals surface area contributed by atoms with E-state index in [0.717, 1.165) is 6.42 Å². The summed E-state index contributed by atoms with van der Waals surface area (Å²) in [7, 11) is -3.44. The molecule has 1 fully saturated rings. The first-order valence-electron chi connectivity index (χ1n) is 6.08. The van der Waals surface area contributed by atoms with E-state index < -0.39 is 10.0 Å². The molecular formula is C13H19NO3S. The molecule has 5 heteroatoms. The van der Waals surface area contributed by atoms with E-state index in [9.17, 15) is 8.42 Å². The number of rotatable bonds is 2. The maximum absolute atomic E-state index is 12.5. The Morgan fingerprint density at radius 2 is 2.11 bits per heavy atom. The van der Waals surface area contributed by atoms with E-state index in [4.69, 9.17) is 4.74 Å². The smallest absolute Gasteiger partial charge is 0.244 e. The van der Waals surface area contributed by atoms with Crippen molar-refractivity contribution in [3.63, 3.8) is 0 Å². The van der Waals surface area contributed by atoms with E-state index in [1.54, 1.807) is 18.2 Å². The van der Waals surface area contributed by atoms with Gasteiger partial charge in [0.25, 0.3) is 0 Å². The van der Waals surface area contributed by atoms with Crippen molar-refractivity contribution in [2.45, 2.75) is 20.3 Å². The second kappa shape index (κ2) is 4.99. The number of sulfonamides is 1. The molecule has 0 amide bonds. The minimum absolute atomic E-state index is 0.154. The molecule has 0 aromatic heterocycles. The number of allylic oxidation sites excluding steroid dienone is 5. The van der Waals surface area contributed by atoms with Crippen molar-refractivity contribution in [2.24, 2.45) is 5.41 Å². The molecule has 0 aromatic carbocycles. The van der Waals surface area contributed by atoms with E-state index in [-0.39, 0.29) is 12.1 Å². The molecule has 18 heavy (non-hydrogen) atoms. The van der Waals surface area contributed by atoms with Gasteiger partial charge in [-0.2, -0.15) is 4.31 Å². The molecule has 2 aliphatic rings. The van der Waals surface area contributed by atoms with Crippen molar-refractivity contribution in [1.29, 1.82) is 0 Å². The van der Waals surface area contributed by atoms with Crippen LogP contribution in [-0.4, -0.2) is 32.6 Å². The zero-order valence-electron chi connectivity index (χ0n) is 10.8. The van der Waals surface area contributed by atoms with Crippen LogP contribution in [0.25, 0.3) is 0 Å². The van der Waals surface area contributed by atoms with E-state index in [1.165, 1.54) is 4.31 Å². The van der Waals surface area contributed by atoms with Gasteiger partial charge in [-0.1, -0.05) is 38.2 Å². The van der Waals surface area contributed by atoms with Crippen molar-refractivity contribution in [2.75, 3.05) is 19.9 Å². The normalized spacial score (nSPS) is 24.7. The molecule has 1 heterocycles. The average Bonchev–Trinajstić information content (AvgIpc) is 2.51. The lowest BCUT2D eigenvalue weighted by atomic mass is 9.93. The van der Waals surface area contributed by atoms with E-state index >= 15 is 0 Å². The Hall–Kier alpha value is -0.910.